The van der Waals surface area contributed by atoms with Gasteiger partial charge in [0.2, 0.25) is 5.91 Å². The van der Waals surface area contributed by atoms with E-state index in [1.165, 1.54) is 18.2 Å². The molecule has 1 saturated heterocycles. The average Bonchev–Trinajstić information content (AvgIpc) is 3.14. The number of carbonyl (C=O) groups is 4. The lowest BCUT2D eigenvalue weighted by molar-refractivity contribution is -0.127. The fraction of sp³-hybridized carbons (Fsp3) is 0.333. The van der Waals surface area contributed by atoms with Gasteiger partial charge in [-0.1, -0.05) is 24.6 Å². The van der Waals surface area contributed by atoms with E-state index in [1.807, 2.05) is 20.8 Å². The second-order valence-corrected chi connectivity index (χ2v) is 9.61. The highest BCUT2D eigenvalue weighted by Crippen LogP contribution is 2.35. The number of ether oxygens (including phenoxy) is 3. The molecule has 11 heteroatoms. The first-order valence-electron chi connectivity index (χ1n) is 12.1. The van der Waals surface area contributed by atoms with Gasteiger partial charge in [0, 0.05) is 5.69 Å². The summed E-state index contributed by atoms with van der Waals surface area (Å²) in [7, 11) is 0. The van der Waals surface area contributed by atoms with E-state index in [4.69, 9.17) is 25.8 Å². The minimum absolute atomic E-state index is 0.00678. The Bertz CT molecular complexity index is 1260. The van der Waals surface area contributed by atoms with Gasteiger partial charge in [0.1, 0.15) is 6.54 Å². The first-order valence-corrected chi connectivity index (χ1v) is 13.3. The Kier molecular flexibility index (Phi) is 10.2. The van der Waals surface area contributed by atoms with Crippen molar-refractivity contribution in [2.75, 3.05) is 25.1 Å². The maximum absolute atomic E-state index is 12.9. The van der Waals surface area contributed by atoms with Crippen molar-refractivity contribution in [3.8, 4) is 11.5 Å². The number of thioether (sulfide) groups is 1. The predicted octanol–water partition coefficient (Wildman–Crippen LogP) is 5.77. The predicted molar refractivity (Wildman–Crippen MR) is 147 cm³/mol. The Morgan fingerprint density at radius 1 is 1.08 bits per heavy atom. The largest absolute Gasteiger partial charge is 0.490 e. The lowest BCUT2D eigenvalue weighted by Crippen LogP contribution is -2.36. The Labute approximate surface area is 230 Å². The summed E-state index contributed by atoms with van der Waals surface area (Å²) in [5, 5.41) is 2.18. The number of benzene rings is 2. The molecule has 2 aromatic rings. The molecule has 0 aromatic heterocycles. The van der Waals surface area contributed by atoms with Crippen LogP contribution in [-0.2, 0) is 14.3 Å². The minimum Gasteiger partial charge on any atom is -0.490 e. The molecule has 0 spiro atoms. The van der Waals surface area contributed by atoms with Gasteiger partial charge in [-0.25, -0.2) is 4.79 Å². The number of hydrogen-bond acceptors (Lipinski definition) is 8. The highest BCUT2D eigenvalue weighted by atomic mass is 35.5. The van der Waals surface area contributed by atoms with Gasteiger partial charge in [0.25, 0.3) is 11.1 Å². The summed E-state index contributed by atoms with van der Waals surface area (Å²) in [6.07, 6.45) is 2.41. The van der Waals surface area contributed by atoms with Gasteiger partial charge in [-0.3, -0.25) is 19.3 Å². The van der Waals surface area contributed by atoms with Crippen molar-refractivity contribution >= 4 is 58.1 Å². The number of rotatable bonds is 11. The molecule has 202 valence electrons. The summed E-state index contributed by atoms with van der Waals surface area (Å²) in [5.41, 5.74) is 1.01. The van der Waals surface area contributed by atoms with Gasteiger partial charge in [-0.2, -0.15) is 0 Å². The van der Waals surface area contributed by atoms with Crippen LogP contribution in [0, 0.1) is 0 Å². The zero-order valence-electron chi connectivity index (χ0n) is 21.5. The van der Waals surface area contributed by atoms with Gasteiger partial charge >= 0.3 is 5.97 Å². The maximum Gasteiger partial charge on any atom is 0.339 e. The number of imide groups is 1. The lowest BCUT2D eigenvalue weighted by atomic mass is 10.1. The van der Waals surface area contributed by atoms with Gasteiger partial charge in [-0.05, 0) is 80.9 Å². The van der Waals surface area contributed by atoms with Crippen molar-refractivity contribution in [3.05, 3.63) is 57.5 Å². The molecule has 2 aromatic carbocycles. The molecule has 3 rings (SSSR count). The van der Waals surface area contributed by atoms with Crippen LogP contribution in [0.1, 0.15) is 50.0 Å². The molecule has 1 aliphatic rings. The normalized spacial score (nSPS) is 15.0. The van der Waals surface area contributed by atoms with Gasteiger partial charge in [0.05, 0.1) is 34.8 Å². The molecule has 1 aliphatic heterocycles. The third-order valence-corrected chi connectivity index (χ3v) is 6.63. The summed E-state index contributed by atoms with van der Waals surface area (Å²) in [5.74, 6) is -0.703. The first-order chi connectivity index (χ1) is 18.2. The summed E-state index contributed by atoms with van der Waals surface area (Å²) < 4.78 is 16.6. The number of amides is 3. The molecule has 9 nitrogen and oxygen atoms in total. The maximum atomic E-state index is 12.9. The van der Waals surface area contributed by atoms with Crippen LogP contribution in [0.5, 0.6) is 11.5 Å². The smallest absolute Gasteiger partial charge is 0.339 e. The molecule has 0 aliphatic carbocycles. The highest BCUT2D eigenvalue weighted by Gasteiger charge is 2.36. The van der Waals surface area contributed by atoms with Crippen LogP contribution in [0.4, 0.5) is 10.5 Å². The number of hydrogen-bond donors (Lipinski definition) is 1. The average molecular weight is 561 g/mol. The topological polar surface area (TPSA) is 111 Å². The van der Waals surface area contributed by atoms with Crippen LogP contribution in [0.2, 0.25) is 5.02 Å². The third kappa shape index (κ3) is 7.29. The fourth-order valence-corrected chi connectivity index (χ4v) is 4.41. The van der Waals surface area contributed by atoms with Crippen LogP contribution in [0.15, 0.2) is 41.3 Å². The number of anilines is 1. The summed E-state index contributed by atoms with van der Waals surface area (Å²) in [6, 6.07) is 9.59. The Balaban J connectivity index is 1.72. The zero-order valence-corrected chi connectivity index (χ0v) is 23.1. The molecular formula is C27H29ClN2O7S. The number of carbonyl (C=O) groups excluding carboxylic acids is 4. The molecule has 1 N–H and O–H groups in total. The number of halogens is 1. The van der Waals surface area contributed by atoms with E-state index < -0.39 is 29.6 Å². The van der Waals surface area contributed by atoms with Crippen LogP contribution < -0.4 is 14.8 Å². The van der Waals surface area contributed by atoms with Crippen LogP contribution in [0.25, 0.3) is 6.08 Å². The monoisotopic (exact) mass is 560 g/mol. The van der Waals surface area contributed by atoms with E-state index in [0.29, 0.717) is 23.7 Å². The molecule has 1 heterocycles. The second kappa shape index (κ2) is 13.3. The van der Waals surface area contributed by atoms with Crippen LogP contribution in [0.3, 0.4) is 0 Å². The minimum atomic E-state index is -0.628. The van der Waals surface area contributed by atoms with Crippen molar-refractivity contribution in [2.45, 2.75) is 40.2 Å². The molecule has 0 radical (unpaired) electrons. The molecule has 0 saturated carbocycles. The molecule has 1 atom stereocenters. The third-order valence-electron chi connectivity index (χ3n) is 5.39. The van der Waals surface area contributed by atoms with E-state index in [9.17, 15) is 19.2 Å². The van der Waals surface area contributed by atoms with Crippen molar-refractivity contribution in [1.82, 2.24) is 4.90 Å². The van der Waals surface area contributed by atoms with E-state index in [-0.39, 0.29) is 33.9 Å². The summed E-state index contributed by atoms with van der Waals surface area (Å²) >= 11 is 6.80. The molecule has 0 bridgehead atoms. The molecule has 38 heavy (non-hydrogen) atoms. The SMILES string of the molecule is CCOC(=O)c1cc(NC(=O)CN2C(=O)S/C(=C/c3ccc(O[C@@H](C)CC)c(OCC)c3)C2=O)ccc1Cl. The fourth-order valence-electron chi connectivity index (χ4n) is 3.38. The molecule has 1 fully saturated rings. The van der Waals surface area contributed by atoms with Crippen molar-refractivity contribution < 1.29 is 33.4 Å². The molecule has 0 unspecified atom stereocenters. The van der Waals surface area contributed by atoms with Crippen LogP contribution in [-0.4, -0.2) is 53.8 Å². The van der Waals surface area contributed by atoms with Crippen LogP contribution >= 0.6 is 23.4 Å². The molecule has 3 amide bonds. The summed E-state index contributed by atoms with van der Waals surface area (Å²) in [6.45, 7) is 7.61. The van der Waals surface area contributed by atoms with Gasteiger partial charge < -0.3 is 19.5 Å². The Hall–Kier alpha value is -3.50. The number of nitrogens with one attached hydrogen (secondary N) is 1. The summed E-state index contributed by atoms with van der Waals surface area (Å²) in [4.78, 5) is 51.2. The van der Waals surface area contributed by atoms with Gasteiger partial charge in [0.15, 0.2) is 11.5 Å². The van der Waals surface area contributed by atoms with Crippen molar-refractivity contribution in [1.29, 1.82) is 0 Å². The van der Waals surface area contributed by atoms with Crippen molar-refractivity contribution in [3.63, 3.8) is 0 Å². The number of nitrogens with zero attached hydrogens (tertiary/aromatic N) is 1. The Morgan fingerprint density at radius 3 is 2.53 bits per heavy atom. The Morgan fingerprint density at radius 2 is 1.84 bits per heavy atom. The van der Waals surface area contributed by atoms with Gasteiger partial charge in [-0.15, -0.1) is 0 Å². The van der Waals surface area contributed by atoms with E-state index >= 15 is 0 Å². The second-order valence-electron chi connectivity index (χ2n) is 8.21. The van der Waals surface area contributed by atoms with Crippen molar-refractivity contribution in [2.24, 2.45) is 0 Å². The quantitative estimate of drug-likeness (QED) is 0.272. The van der Waals surface area contributed by atoms with E-state index in [1.54, 1.807) is 31.2 Å². The highest BCUT2D eigenvalue weighted by molar-refractivity contribution is 8.18. The zero-order chi connectivity index (χ0) is 27.8. The standard InChI is InChI=1S/C27H29ClN2O7S/c1-5-16(4)37-21-11-8-17(12-22(21)35-6-2)13-23-25(32)30(27(34)38-23)15-24(31)29-18-9-10-20(28)19(14-18)26(33)36-7-3/h8-14,16H,5-7,15H2,1-4H3,(H,29,31)/b23-13+/t16-/m0/s1. The lowest BCUT2D eigenvalue weighted by Gasteiger charge is -2.16. The van der Waals surface area contributed by atoms with E-state index in [0.717, 1.165) is 23.1 Å². The number of esters is 1. The first kappa shape index (κ1) is 29.1. The molecular weight excluding hydrogens is 532 g/mol. The van der Waals surface area contributed by atoms with E-state index in [2.05, 4.69) is 5.32 Å².